The molecule has 0 bridgehead atoms. The first kappa shape index (κ1) is 29.0. The van der Waals surface area contributed by atoms with Crippen molar-refractivity contribution in [1.82, 2.24) is 9.55 Å². The molecule has 7 atom stereocenters. The van der Waals surface area contributed by atoms with Crippen LogP contribution < -0.4 is 11.0 Å². The van der Waals surface area contributed by atoms with Gasteiger partial charge in [-0.15, -0.1) is 0 Å². The zero-order valence-electron chi connectivity index (χ0n) is 20.1. The Morgan fingerprint density at radius 1 is 1.34 bits per heavy atom. The van der Waals surface area contributed by atoms with Crippen LogP contribution in [0.3, 0.4) is 0 Å². The third kappa shape index (κ3) is 7.17. The Morgan fingerprint density at radius 3 is 2.49 bits per heavy atom. The molecule has 1 aromatic rings. The minimum absolute atomic E-state index is 0.128. The van der Waals surface area contributed by atoms with Gasteiger partial charge in [0.25, 0.3) is 0 Å². The normalized spacial score (nSPS) is 26.4. The van der Waals surface area contributed by atoms with E-state index >= 15 is 0 Å². The van der Waals surface area contributed by atoms with E-state index in [2.05, 4.69) is 10.3 Å². The Bertz CT molecular complexity index is 1050. The van der Waals surface area contributed by atoms with Crippen LogP contribution in [0.4, 0.5) is 5.82 Å². The van der Waals surface area contributed by atoms with Gasteiger partial charge in [0.1, 0.15) is 24.6 Å². The molecular weight excluding hydrogens is 489 g/mol. The monoisotopic (exact) mass is 521 g/mol. The maximum Gasteiger partial charge on any atom is 0.356 e. The van der Waals surface area contributed by atoms with Crippen molar-refractivity contribution >= 4 is 25.3 Å². The van der Waals surface area contributed by atoms with Crippen LogP contribution in [0, 0.1) is 0 Å². The number of ether oxygens (including phenoxy) is 2. The Morgan fingerprint density at radius 2 is 1.97 bits per heavy atom. The van der Waals surface area contributed by atoms with Crippen LogP contribution >= 0.6 is 7.60 Å². The first-order chi connectivity index (χ1) is 16.1. The van der Waals surface area contributed by atoms with Gasteiger partial charge in [0.2, 0.25) is 5.91 Å². The second-order valence-electron chi connectivity index (χ2n) is 8.61. The van der Waals surface area contributed by atoms with Crippen molar-refractivity contribution in [1.29, 1.82) is 0 Å². The summed E-state index contributed by atoms with van der Waals surface area (Å²) in [4.78, 5) is 49.1. The first-order valence-electron chi connectivity index (χ1n) is 10.9. The predicted molar refractivity (Wildman–Crippen MR) is 120 cm³/mol. The number of aliphatic hydroxyl groups excluding tert-OH is 3. The molecule has 1 fully saturated rings. The Kier molecular flexibility index (Phi) is 9.33. The summed E-state index contributed by atoms with van der Waals surface area (Å²) in [6, 6.07) is 0. The lowest BCUT2D eigenvalue weighted by Gasteiger charge is -2.34. The highest BCUT2D eigenvalue weighted by molar-refractivity contribution is 7.53. The van der Waals surface area contributed by atoms with Crippen molar-refractivity contribution in [2.45, 2.75) is 90.1 Å². The maximum absolute atomic E-state index is 12.7. The highest BCUT2D eigenvalue weighted by atomic mass is 31.2. The number of anilines is 1. The lowest BCUT2D eigenvalue weighted by Crippen LogP contribution is -2.39. The lowest BCUT2D eigenvalue weighted by atomic mass is 9.93. The molecule has 1 aliphatic rings. The fourth-order valence-corrected chi connectivity index (χ4v) is 4.43. The van der Waals surface area contributed by atoms with Crippen molar-refractivity contribution in [2.24, 2.45) is 0 Å². The molecule has 1 amide bonds. The molecule has 2 rings (SSSR count). The zero-order valence-corrected chi connectivity index (χ0v) is 21.0. The molecule has 35 heavy (non-hydrogen) atoms. The SMILES string of the molecule is CCC(C)(C[C@H]1O[C@@H](n2cc(COC(C)=O)c(NC(C)=O)nc2=O)[C@H](O)[C@@H]1O)OP(=O)(O)C(C)O. The summed E-state index contributed by atoms with van der Waals surface area (Å²) >= 11 is 0. The van der Waals surface area contributed by atoms with Crippen molar-refractivity contribution in [3.63, 3.8) is 0 Å². The number of amides is 1. The summed E-state index contributed by atoms with van der Waals surface area (Å²) in [7, 11) is -4.40. The molecule has 0 spiro atoms. The number of carbonyl (C=O) groups excluding carboxylic acids is 2. The number of rotatable bonds is 10. The number of aromatic nitrogens is 2. The summed E-state index contributed by atoms with van der Waals surface area (Å²) in [5.41, 5.74) is -2.13. The summed E-state index contributed by atoms with van der Waals surface area (Å²) in [5, 5.41) is 33.1. The number of carbonyl (C=O) groups is 2. The fraction of sp³-hybridized carbons (Fsp3) is 0.700. The van der Waals surface area contributed by atoms with Gasteiger partial charge in [0.05, 0.1) is 11.7 Å². The van der Waals surface area contributed by atoms with Crippen LogP contribution in [0.2, 0.25) is 0 Å². The van der Waals surface area contributed by atoms with Gasteiger partial charge in [-0.25, -0.2) is 4.79 Å². The number of nitrogens with zero attached hydrogens (tertiary/aromatic N) is 2. The van der Waals surface area contributed by atoms with Crippen molar-refractivity contribution in [3.8, 4) is 0 Å². The number of esters is 1. The van der Waals surface area contributed by atoms with E-state index in [-0.39, 0.29) is 30.8 Å². The van der Waals surface area contributed by atoms with Crippen LogP contribution in [-0.2, 0) is 34.8 Å². The molecule has 5 N–H and O–H groups in total. The quantitative estimate of drug-likeness (QED) is 0.203. The van der Waals surface area contributed by atoms with E-state index in [1.54, 1.807) is 6.92 Å². The summed E-state index contributed by atoms with van der Waals surface area (Å²) in [6.45, 7) is 6.27. The Hall–Kier alpha value is -2.19. The van der Waals surface area contributed by atoms with Crippen molar-refractivity contribution in [2.75, 3.05) is 5.32 Å². The maximum atomic E-state index is 12.7. The summed E-state index contributed by atoms with van der Waals surface area (Å²) in [5.74, 6) is -2.94. The van der Waals surface area contributed by atoms with Crippen LogP contribution in [0.25, 0.3) is 0 Å². The van der Waals surface area contributed by atoms with Gasteiger partial charge in [-0.3, -0.25) is 18.7 Å². The van der Waals surface area contributed by atoms with Gasteiger partial charge in [0.15, 0.2) is 12.1 Å². The third-order valence-corrected chi connectivity index (χ3v) is 7.22. The number of hydrogen-bond donors (Lipinski definition) is 5. The van der Waals surface area contributed by atoms with E-state index < -0.39 is 61.1 Å². The van der Waals surface area contributed by atoms with E-state index in [0.29, 0.717) is 0 Å². The van der Waals surface area contributed by atoms with Gasteiger partial charge in [-0.2, -0.15) is 4.98 Å². The van der Waals surface area contributed by atoms with Gasteiger partial charge < -0.3 is 39.5 Å². The molecule has 15 heteroatoms. The van der Waals surface area contributed by atoms with Crippen LogP contribution in [0.1, 0.15) is 59.3 Å². The molecule has 0 radical (unpaired) electrons. The van der Waals surface area contributed by atoms with Gasteiger partial charge >= 0.3 is 19.3 Å². The molecule has 1 aliphatic heterocycles. The Labute approximate surface area is 201 Å². The van der Waals surface area contributed by atoms with Crippen molar-refractivity contribution in [3.05, 3.63) is 22.2 Å². The number of hydrogen-bond acceptors (Lipinski definition) is 11. The molecule has 0 aromatic carbocycles. The second kappa shape index (κ2) is 11.2. The highest BCUT2D eigenvalue weighted by Gasteiger charge is 2.48. The van der Waals surface area contributed by atoms with Gasteiger partial charge in [0, 0.05) is 32.0 Å². The molecule has 0 saturated carbocycles. The number of aliphatic hydroxyl groups is 3. The standard InChI is InChI=1S/C20H32N3O11P/c1-6-20(5,34-35(30,31)12(4)26)7-14-15(27)16(28)18(33-14)23-8-13(9-32-11(3)25)17(21-10(2)24)22-19(23)29/h8,12,14-16,18,26-28H,6-7,9H2,1-5H3,(H,30,31)(H,21,22,24,29)/t12?,14-,15-,16-,18-,20?/m1/s1. The van der Waals surface area contributed by atoms with Crippen molar-refractivity contribution < 1.29 is 48.4 Å². The molecule has 3 unspecified atom stereocenters. The molecule has 0 aliphatic carbocycles. The minimum Gasteiger partial charge on any atom is -0.461 e. The van der Waals surface area contributed by atoms with Crippen LogP contribution in [-0.4, -0.2) is 71.4 Å². The highest BCUT2D eigenvalue weighted by Crippen LogP contribution is 2.52. The van der Waals surface area contributed by atoms with E-state index in [1.165, 1.54) is 27.0 Å². The second-order valence-corrected chi connectivity index (χ2v) is 10.7. The van der Waals surface area contributed by atoms with Crippen LogP contribution in [0.5, 0.6) is 0 Å². The smallest absolute Gasteiger partial charge is 0.356 e. The fourth-order valence-electron chi connectivity index (χ4n) is 3.44. The van der Waals surface area contributed by atoms with E-state index in [0.717, 1.165) is 11.5 Å². The largest absolute Gasteiger partial charge is 0.461 e. The zero-order chi connectivity index (χ0) is 26.7. The average Bonchev–Trinajstić information content (AvgIpc) is 3.00. The van der Waals surface area contributed by atoms with E-state index in [9.17, 15) is 39.2 Å². The Balaban J connectivity index is 2.36. The van der Waals surface area contributed by atoms with Crippen LogP contribution in [0.15, 0.2) is 11.0 Å². The minimum atomic E-state index is -4.40. The molecule has 198 valence electrons. The summed E-state index contributed by atoms with van der Waals surface area (Å²) in [6.07, 6.45) is -4.47. The number of nitrogens with one attached hydrogen (secondary N) is 1. The molecule has 1 saturated heterocycles. The van der Waals surface area contributed by atoms with E-state index in [4.69, 9.17) is 14.0 Å². The third-order valence-electron chi connectivity index (χ3n) is 5.57. The first-order valence-corrected chi connectivity index (χ1v) is 12.5. The summed E-state index contributed by atoms with van der Waals surface area (Å²) < 4.78 is 29.1. The van der Waals surface area contributed by atoms with E-state index in [1.807, 2.05) is 0 Å². The molecule has 1 aromatic heterocycles. The average molecular weight is 521 g/mol. The lowest BCUT2D eigenvalue weighted by molar-refractivity contribution is -0.142. The molecular formula is C20H32N3O11P. The molecule has 14 nitrogen and oxygen atoms in total. The van der Waals surface area contributed by atoms with Gasteiger partial charge in [-0.1, -0.05) is 6.92 Å². The topological polar surface area (TPSA) is 207 Å². The molecule has 2 heterocycles. The predicted octanol–water partition coefficient (Wildman–Crippen LogP) is -0.0169. The van der Waals surface area contributed by atoms with Gasteiger partial charge in [-0.05, 0) is 20.3 Å².